The van der Waals surface area contributed by atoms with Crippen LogP contribution in [-0.2, 0) is 25.5 Å². The number of allylic oxidation sites excluding steroid dienone is 1. The van der Waals surface area contributed by atoms with Gasteiger partial charge in [0.25, 0.3) is 0 Å². The number of benzene rings is 2. The molecule has 0 aliphatic carbocycles. The van der Waals surface area contributed by atoms with Gasteiger partial charge in [0.05, 0.1) is 6.54 Å². The molecule has 7 heteroatoms. The van der Waals surface area contributed by atoms with Crippen molar-refractivity contribution in [2.45, 2.75) is 44.2 Å². The number of rotatable bonds is 5. The van der Waals surface area contributed by atoms with Crippen LogP contribution < -0.4 is 10.6 Å². The van der Waals surface area contributed by atoms with Crippen molar-refractivity contribution in [1.29, 1.82) is 0 Å². The third kappa shape index (κ3) is 7.54. The van der Waals surface area contributed by atoms with E-state index < -0.39 is 12.1 Å². The zero-order chi connectivity index (χ0) is 22.8. The van der Waals surface area contributed by atoms with E-state index in [1.807, 2.05) is 54.6 Å². The Morgan fingerprint density at radius 2 is 1.81 bits per heavy atom. The minimum Gasteiger partial charge on any atom is -0.456 e. The fourth-order valence-corrected chi connectivity index (χ4v) is 3.51. The lowest BCUT2D eigenvalue weighted by Crippen LogP contribution is -2.47. The van der Waals surface area contributed by atoms with Crippen molar-refractivity contribution in [3.05, 3.63) is 82.9 Å². The van der Waals surface area contributed by atoms with Crippen LogP contribution in [0.15, 0.2) is 66.7 Å². The van der Waals surface area contributed by atoms with Crippen LogP contribution in [-0.4, -0.2) is 30.4 Å². The van der Waals surface area contributed by atoms with Crippen LogP contribution >= 0.6 is 11.6 Å². The van der Waals surface area contributed by atoms with Crippen LogP contribution in [0.3, 0.4) is 0 Å². The molecule has 2 N–H and O–H groups in total. The maximum Gasteiger partial charge on any atom is 0.306 e. The summed E-state index contributed by atoms with van der Waals surface area (Å²) in [6, 6.07) is 15.9. The van der Waals surface area contributed by atoms with Gasteiger partial charge in [0, 0.05) is 17.9 Å². The van der Waals surface area contributed by atoms with E-state index in [2.05, 4.69) is 10.6 Å². The summed E-state index contributed by atoms with van der Waals surface area (Å²) in [6.45, 7) is 0.134. The molecule has 0 spiro atoms. The second kappa shape index (κ2) is 12.1. The van der Waals surface area contributed by atoms with Gasteiger partial charge in [-0.1, -0.05) is 66.2 Å². The molecule has 0 fully saturated rings. The fraction of sp³-hybridized carbons (Fsp3) is 0.320. The summed E-state index contributed by atoms with van der Waals surface area (Å²) < 4.78 is 5.59. The van der Waals surface area contributed by atoms with Gasteiger partial charge in [-0.25, -0.2) is 0 Å². The molecule has 1 heterocycles. The Bertz CT molecular complexity index is 944. The highest BCUT2D eigenvalue weighted by Gasteiger charge is 2.23. The fourth-order valence-electron chi connectivity index (χ4n) is 3.39. The Hall–Kier alpha value is -3.12. The Labute approximate surface area is 193 Å². The normalized spacial score (nSPS) is 20.8. The van der Waals surface area contributed by atoms with E-state index in [1.54, 1.807) is 12.1 Å². The number of cyclic esters (lactones) is 1. The molecule has 1 aliphatic heterocycles. The van der Waals surface area contributed by atoms with E-state index in [1.165, 1.54) is 0 Å². The highest BCUT2D eigenvalue weighted by atomic mass is 35.5. The monoisotopic (exact) mass is 454 g/mol. The zero-order valence-corrected chi connectivity index (χ0v) is 18.5. The molecule has 2 amide bonds. The van der Waals surface area contributed by atoms with E-state index in [0.717, 1.165) is 11.1 Å². The molecule has 2 atom stereocenters. The van der Waals surface area contributed by atoms with E-state index in [9.17, 15) is 14.4 Å². The summed E-state index contributed by atoms with van der Waals surface area (Å²) >= 11 is 5.89. The highest BCUT2D eigenvalue weighted by Crippen LogP contribution is 2.18. The predicted octanol–water partition coefficient (Wildman–Crippen LogP) is 3.90. The van der Waals surface area contributed by atoms with Gasteiger partial charge in [-0.05, 0) is 42.5 Å². The van der Waals surface area contributed by atoms with Crippen molar-refractivity contribution < 1.29 is 19.1 Å². The SMILES string of the molecule is O=C(CCc1ccc(Cl)cc1)N[C@@H]1C/C=C/CCC(=O)O[C@H](c2ccccc2)CNC1=O. The number of carbonyl (C=O) groups is 3. The molecule has 6 nitrogen and oxygen atoms in total. The first-order chi connectivity index (χ1) is 15.5. The Balaban J connectivity index is 1.62. The Kier molecular flexibility index (Phi) is 8.87. The highest BCUT2D eigenvalue weighted by molar-refractivity contribution is 6.30. The topological polar surface area (TPSA) is 84.5 Å². The van der Waals surface area contributed by atoms with Crippen LogP contribution in [0.25, 0.3) is 0 Å². The van der Waals surface area contributed by atoms with Gasteiger partial charge in [0.1, 0.15) is 12.1 Å². The van der Waals surface area contributed by atoms with E-state index in [0.29, 0.717) is 24.3 Å². The molecule has 2 aromatic rings. The van der Waals surface area contributed by atoms with Crippen LogP contribution in [0.4, 0.5) is 0 Å². The molecule has 32 heavy (non-hydrogen) atoms. The average Bonchev–Trinajstić information content (AvgIpc) is 2.80. The van der Waals surface area contributed by atoms with E-state index in [4.69, 9.17) is 16.3 Å². The lowest BCUT2D eigenvalue weighted by molar-refractivity contribution is -0.149. The van der Waals surface area contributed by atoms with Gasteiger partial charge in [-0.3, -0.25) is 14.4 Å². The minimum atomic E-state index is -0.699. The van der Waals surface area contributed by atoms with Crippen LogP contribution in [0, 0.1) is 0 Å². The Morgan fingerprint density at radius 1 is 1.06 bits per heavy atom. The number of hydrogen-bond acceptors (Lipinski definition) is 4. The number of halogens is 1. The molecule has 0 bridgehead atoms. The summed E-state index contributed by atoms with van der Waals surface area (Å²) in [5.41, 5.74) is 1.80. The molecule has 0 radical (unpaired) electrons. The largest absolute Gasteiger partial charge is 0.456 e. The number of carbonyl (C=O) groups excluding carboxylic acids is 3. The third-order valence-corrected chi connectivity index (χ3v) is 5.42. The lowest BCUT2D eigenvalue weighted by atomic mass is 10.1. The zero-order valence-electron chi connectivity index (χ0n) is 17.8. The number of hydrogen-bond donors (Lipinski definition) is 2. The third-order valence-electron chi connectivity index (χ3n) is 5.17. The standard InChI is InChI=1S/C25H27ClN2O4/c26-20-14-11-18(12-15-20)13-16-23(29)28-21-9-5-2-6-10-24(30)32-22(17-27-25(21)31)19-7-3-1-4-8-19/h1-5,7-8,11-12,14-15,21-22H,6,9-10,13,16-17H2,(H,27,31)(H,28,29)/b5-2+/t21-,22+/m1/s1. The summed E-state index contributed by atoms with van der Waals surface area (Å²) in [4.78, 5) is 37.5. The second-order valence-electron chi connectivity index (χ2n) is 7.63. The van der Waals surface area contributed by atoms with Crippen molar-refractivity contribution in [1.82, 2.24) is 10.6 Å². The van der Waals surface area contributed by atoms with Crippen LogP contribution in [0.1, 0.15) is 42.9 Å². The van der Waals surface area contributed by atoms with E-state index in [-0.39, 0.29) is 37.2 Å². The van der Waals surface area contributed by atoms with E-state index >= 15 is 0 Å². The molecule has 3 rings (SSSR count). The smallest absolute Gasteiger partial charge is 0.306 e. The molecule has 168 valence electrons. The quantitative estimate of drug-likeness (QED) is 0.530. The van der Waals surface area contributed by atoms with Gasteiger partial charge in [0.15, 0.2) is 0 Å². The average molecular weight is 455 g/mol. The maximum atomic E-state index is 12.8. The van der Waals surface area contributed by atoms with Gasteiger partial charge in [-0.15, -0.1) is 0 Å². The van der Waals surface area contributed by atoms with Gasteiger partial charge >= 0.3 is 5.97 Å². The van der Waals surface area contributed by atoms with Gasteiger partial charge < -0.3 is 15.4 Å². The first-order valence-electron chi connectivity index (χ1n) is 10.7. The predicted molar refractivity (Wildman–Crippen MR) is 123 cm³/mol. The molecular formula is C25H27ClN2O4. The molecular weight excluding hydrogens is 428 g/mol. The summed E-state index contributed by atoms with van der Waals surface area (Å²) in [7, 11) is 0. The molecule has 0 unspecified atom stereocenters. The molecule has 2 aromatic carbocycles. The van der Waals surface area contributed by atoms with Gasteiger partial charge in [0.2, 0.25) is 11.8 Å². The minimum absolute atomic E-state index is 0.134. The van der Waals surface area contributed by atoms with Gasteiger partial charge in [-0.2, -0.15) is 0 Å². The molecule has 0 aromatic heterocycles. The van der Waals surface area contributed by atoms with Crippen LogP contribution in [0.5, 0.6) is 0 Å². The number of nitrogens with one attached hydrogen (secondary N) is 2. The summed E-state index contributed by atoms with van der Waals surface area (Å²) in [5.74, 6) is -0.830. The molecule has 0 saturated carbocycles. The first-order valence-corrected chi connectivity index (χ1v) is 11.1. The van der Waals surface area contributed by atoms with Crippen molar-refractivity contribution >= 4 is 29.4 Å². The molecule has 1 aliphatic rings. The number of aryl methyl sites for hydroxylation is 1. The number of esters is 1. The van der Waals surface area contributed by atoms with Crippen molar-refractivity contribution in [2.24, 2.45) is 0 Å². The maximum absolute atomic E-state index is 12.8. The van der Waals surface area contributed by atoms with Crippen molar-refractivity contribution in [2.75, 3.05) is 6.54 Å². The number of amides is 2. The number of ether oxygens (including phenoxy) is 1. The first kappa shape index (κ1) is 23.5. The Morgan fingerprint density at radius 3 is 2.56 bits per heavy atom. The van der Waals surface area contributed by atoms with Crippen molar-refractivity contribution in [3.8, 4) is 0 Å². The second-order valence-corrected chi connectivity index (χ2v) is 8.06. The summed E-state index contributed by atoms with van der Waals surface area (Å²) in [6.07, 6.45) is 5.00. The summed E-state index contributed by atoms with van der Waals surface area (Å²) in [5, 5.41) is 6.30. The van der Waals surface area contributed by atoms with Crippen molar-refractivity contribution in [3.63, 3.8) is 0 Å². The molecule has 0 saturated heterocycles. The lowest BCUT2D eigenvalue weighted by Gasteiger charge is -2.22. The van der Waals surface area contributed by atoms with Crippen LogP contribution in [0.2, 0.25) is 5.02 Å².